The van der Waals surface area contributed by atoms with Crippen LogP contribution in [0.15, 0.2) is 18.2 Å². The molecular weight excluding hydrogens is 216 g/mol. The van der Waals surface area contributed by atoms with E-state index in [-0.39, 0.29) is 17.7 Å². The van der Waals surface area contributed by atoms with Gasteiger partial charge in [0.15, 0.2) is 0 Å². The number of carbonyl (C=O) groups is 1. The van der Waals surface area contributed by atoms with Gasteiger partial charge in [0.25, 0.3) is 5.91 Å². The molecule has 17 heavy (non-hydrogen) atoms. The summed E-state index contributed by atoms with van der Waals surface area (Å²) in [6.45, 7) is 6.16. The van der Waals surface area contributed by atoms with Gasteiger partial charge in [-0.15, -0.1) is 0 Å². The molecule has 0 aromatic heterocycles. The fourth-order valence-corrected chi connectivity index (χ4v) is 1.38. The molecule has 0 fully saturated rings. The molecule has 4 heteroatoms. The van der Waals surface area contributed by atoms with Crippen molar-refractivity contribution in [1.82, 2.24) is 5.32 Å². The largest absolute Gasteiger partial charge is 0.507 e. The molecule has 0 aliphatic carbocycles. The van der Waals surface area contributed by atoms with Gasteiger partial charge in [-0.1, -0.05) is 26.0 Å². The van der Waals surface area contributed by atoms with E-state index in [0.29, 0.717) is 23.6 Å². The van der Waals surface area contributed by atoms with Crippen molar-refractivity contribution in [3.05, 3.63) is 29.3 Å². The Morgan fingerprint density at radius 1 is 1.47 bits per heavy atom. The van der Waals surface area contributed by atoms with E-state index in [1.807, 2.05) is 13.8 Å². The molecule has 0 bridgehead atoms. The van der Waals surface area contributed by atoms with Crippen LogP contribution in [0.2, 0.25) is 0 Å². The summed E-state index contributed by atoms with van der Waals surface area (Å²) in [6, 6.07) is 5.02. The summed E-state index contributed by atoms with van der Waals surface area (Å²) < 4.78 is 0. The molecule has 4 N–H and O–H groups in total. The number of aryl methyl sites for hydroxylation is 1. The van der Waals surface area contributed by atoms with E-state index in [0.717, 1.165) is 0 Å². The van der Waals surface area contributed by atoms with Crippen molar-refractivity contribution in [2.45, 2.75) is 26.8 Å². The van der Waals surface area contributed by atoms with Crippen LogP contribution in [-0.2, 0) is 0 Å². The quantitative estimate of drug-likeness (QED) is 0.740. The Labute approximate surface area is 102 Å². The molecule has 0 saturated heterocycles. The van der Waals surface area contributed by atoms with Crippen molar-refractivity contribution in [3.63, 3.8) is 0 Å². The molecule has 1 aromatic rings. The maximum atomic E-state index is 11.8. The van der Waals surface area contributed by atoms with E-state index in [4.69, 9.17) is 5.73 Å². The lowest BCUT2D eigenvalue weighted by molar-refractivity contribution is 0.0946. The summed E-state index contributed by atoms with van der Waals surface area (Å²) in [4.78, 5) is 11.8. The molecule has 94 valence electrons. The lowest BCUT2D eigenvalue weighted by Crippen LogP contribution is -2.40. The Morgan fingerprint density at radius 2 is 2.12 bits per heavy atom. The summed E-state index contributed by atoms with van der Waals surface area (Å²) in [5.74, 6) is 0.0480. The minimum atomic E-state index is -0.290. The lowest BCUT2D eigenvalue weighted by Gasteiger charge is -2.16. The Hall–Kier alpha value is -1.55. The monoisotopic (exact) mass is 236 g/mol. The van der Waals surface area contributed by atoms with Gasteiger partial charge in [0.2, 0.25) is 0 Å². The van der Waals surface area contributed by atoms with Gasteiger partial charge in [0.05, 0.1) is 5.56 Å². The van der Waals surface area contributed by atoms with Crippen LogP contribution < -0.4 is 11.1 Å². The highest BCUT2D eigenvalue weighted by atomic mass is 16.3. The van der Waals surface area contributed by atoms with Gasteiger partial charge in [-0.2, -0.15) is 0 Å². The average molecular weight is 236 g/mol. The number of hydrogen-bond acceptors (Lipinski definition) is 3. The van der Waals surface area contributed by atoms with E-state index in [2.05, 4.69) is 5.32 Å². The number of nitrogens with one attached hydrogen (secondary N) is 1. The number of rotatable bonds is 4. The fourth-order valence-electron chi connectivity index (χ4n) is 1.38. The third-order valence-corrected chi connectivity index (χ3v) is 2.84. The van der Waals surface area contributed by atoms with Crippen molar-refractivity contribution >= 4 is 5.91 Å². The Morgan fingerprint density at radius 3 is 2.71 bits per heavy atom. The summed E-state index contributed by atoms with van der Waals surface area (Å²) in [7, 11) is 0. The van der Waals surface area contributed by atoms with Gasteiger partial charge in [0.1, 0.15) is 5.75 Å². The van der Waals surface area contributed by atoms with Gasteiger partial charge in [-0.05, 0) is 24.5 Å². The number of phenols is 1. The zero-order valence-corrected chi connectivity index (χ0v) is 10.5. The van der Waals surface area contributed by atoms with Crippen LogP contribution in [0.5, 0.6) is 5.75 Å². The highest BCUT2D eigenvalue weighted by Gasteiger charge is 2.14. The average Bonchev–Trinajstić information content (AvgIpc) is 2.29. The predicted octanol–water partition coefficient (Wildman–Crippen LogP) is 1.41. The first-order valence-electron chi connectivity index (χ1n) is 5.75. The van der Waals surface area contributed by atoms with E-state index in [1.54, 1.807) is 25.1 Å². The van der Waals surface area contributed by atoms with Gasteiger partial charge < -0.3 is 16.2 Å². The summed E-state index contributed by atoms with van der Waals surface area (Å²) >= 11 is 0. The molecule has 1 aromatic carbocycles. The Kier molecular flexibility index (Phi) is 4.52. The van der Waals surface area contributed by atoms with Crippen molar-refractivity contribution in [1.29, 1.82) is 0 Å². The normalized spacial score (nSPS) is 12.5. The first kappa shape index (κ1) is 13.5. The van der Waals surface area contributed by atoms with Crippen molar-refractivity contribution in [3.8, 4) is 5.75 Å². The molecular formula is C13H20N2O2. The topological polar surface area (TPSA) is 75.4 Å². The van der Waals surface area contributed by atoms with Crippen LogP contribution in [0.1, 0.15) is 29.8 Å². The van der Waals surface area contributed by atoms with E-state index in [9.17, 15) is 9.90 Å². The van der Waals surface area contributed by atoms with Crippen molar-refractivity contribution in [2.24, 2.45) is 11.7 Å². The SMILES string of the molecule is Cc1cccc(C(=O)NCC(N)C(C)C)c1O. The van der Waals surface area contributed by atoms with Gasteiger partial charge in [0, 0.05) is 12.6 Å². The Bertz CT molecular complexity index is 402. The molecule has 1 unspecified atom stereocenters. The fraction of sp³-hybridized carbons (Fsp3) is 0.462. The molecule has 0 spiro atoms. The van der Waals surface area contributed by atoms with Crippen molar-refractivity contribution < 1.29 is 9.90 Å². The number of carbonyl (C=O) groups excluding carboxylic acids is 1. The van der Waals surface area contributed by atoms with Crippen molar-refractivity contribution in [2.75, 3.05) is 6.54 Å². The number of para-hydroxylation sites is 1. The standard InChI is InChI=1S/C13H20N2O2/c1-8(2)11(14)7-15-13(17)10-6-4-5-9(3)12(10)16/h4-6,8,11,16H,7,14H2,1-3H3,(H,15,17). The second-order valence-electron chi connectivity index (χ2n) is 4.59. The van der Waals surface area contributed by atoms with Crippen LogP contribution in [0.25, 0.3) is 0 Å². The third kappa shape index (κ3) is 3.46. The van der Waals surface area contributed by atoms with E-state index < -0.39 is 0 Å². The zero-order chi connectivity index (χ0) is 13.0. The van der Waals surface area contributed by atoms with Gasteiger partial charge in [-0.3, -0.25) is 4.79 Å². The molecule has 0 aliphatic rings. The number of phenolic OH excluding ortho intramolecular Hbond substituents is 1. The molecule has 0 heterocycles. The Balaban J connectivity index is 2.68. The first-order chi connectivity index (χ1) is 7.93. The molecule has 1 rings (SSSR count). The van der Waals surface area contributed by atoms with Crippen LogP contribution in [0.3, 0.4) is 0 Å². The third-order valence-electron chi connectivity index (χ3n) is 2.84. The molecule has 0 radical (unpaired) electrons. The van der Waals surface area contributed by atoms with Crippen LogP contribution >= 0.6 is 0 Å². The minimum absolute atomic E-state index is 0.0307. The molecule has 1 amide bonds. The van der Waals surface area contributed by atoms with Gasteiger partial charge >= 0.3 is 0 Å². The summed E-state index contributed by atoms with van der Waals surface area (Å²) in [5.41, 5.74) is 6.81. The number of aromatic hydroxyl groups is 1. The molecule has 0 aliphatic heterocycles. The zero-order valence-electron chi connectivity index (χ0n) is 10.5. The maximum absolute atomic E-state index is 11.8. The highest BCUT2D eigenvalue weighted by molar-refractivity contribution is 5.97. The lowest BCUT2D eigenvalue weighted by atomic mass is 10.1. The first-order valence-corrected chi connectivity index (χ1v) is 5.75. The molecule has 0 saturated carbocycles. The number of benzene rings is 1. The number of amides is 1. The van der Waals surface area contributed by atoms with Crippen LogP contribution in [-0.4, -0.2) is 23.6 Å². The summed E-state index contributed by atoms with van der Waals surface area (Å²) in [6.07, 6.45) is 0. The second kappa shape index (κ2) is 5.68. The highest BCUT2D eigenvalue weighted by Crippen LogP contribution is 2.20. The maximum Gasteiger partial charge on any atom is 0.255 e. The van der Waals surface area contributed by atoms with Crippen LogP contribution in [0, 0.1) is 12.8 Å². The predicted molar refractivity (Wildman–Crippen MR) is 68.0 cm³/mol. The second-order valence-corrected chi connectivity index (χ2v) is 4.59. The van der Waals surface area contributed by atoms with Gasteiger partial charge in [-0.25, -0.2) is 0 Å². The minimum Gasteiger partial charge on any atom is -0.507 e. The van der Waals surface area contributed by atoms with E-state index >= 15 is 0 Å². The smallest absolute Gasteiger partial charge is 0.255 e. The molecule has 4 nitrogen and oxygen atoms in total. The number of nitrogens with two attached hydrogens (primary N) is 1. The number of hydrogen-bond donors (Lipinski definition) is 3. The van der Waals surface area contributed by atoms with E-state index in [1.165, 1.54) is 0 Å². The summed E-state index contributed by atoms with van der Waals surface area (Å²) in [5, 5.41) is 12.5. The molecule has 1 atom stereocenters. The van der Waals surface area contributed by atoms with Crippen LogP contribution in [0.4, 0.5) is 0 Å².